The number of aromatic amines is 1. The van der Waals surface area contributed by atoms with E-state index in [0.717, 1.165) is 16.8 Å². The van der Waals surface area contributed by atoms with Gasteiger partial charge < -0.3 is 19.6 Å². The number of pyridine rings is 2. The van der Waals surface area contributed by atoms with Crippen molar-refractivity contribution in [1.82, 2.24) is 39.7 Å². The van der Waals surface area contributed by atoms with Crippen LogP contribution in [0.15, 0.2) is 59.8 Å². The van der Waals surface area contributed by atoms with E-state index in [2.05, 4.69) is 42.7 Å². The number of rotatable bonds is 4. The molecule has 2 atom stereocenters. The Bertz CT molecular complexity index is 1810. The lowest BCUT2D eigenvalue weighted by atomic mass is 10.0. The highest BCUT2D eigenvalue weighted by atomic mass is 35.5. The number of hydrogen-bond acceptors (Lipinski definition) is 8. The van der Waals surface area contributed by atoms with E-state index in [1.54, 1.807) is 45.8 Å². The molecule has 0 saturated heterocycles. The van der Waals surface area contributed by atoms with Gasteiger partial charge in [0.05, 0.1) is 29.3 Å². The SMILES string of the molecule is C[C@H]1Cc2cc(-c3cc(Cl)ccc3-n3cnnn3)cc(=O)n2[C@@H]1c1ncc(-c2ccc3c(n2)OCC(=O)N3)[nH]1. The number of nitrogens with zero attached hydrogens (tertiary/aromatic N) is 7. The van der Waals surface area contributed by atoms with E-state index in [-0.39, 0.29) is 30.0 Å². The quantitative estimate of drug-likeness (QED) is 0.353. The van der Waals surface area contributed by atoms with E-state index in [0.29, 0.717) is 45.9 Å². The Balaban J connectivity index is 1.25. The number of H-pyrrole nitrogens is 1. The van der Waals surface area contributed by atoms with Crippen LogP contribution < -0.4 is 15.6 Å². The predicted molar refractivity (Wildman–Crippen MR) is 141 cm³/mol. The van der Waals surface area contributed by atoms with E-state index in [4.69, 9.17) is 16.3 Å². The number of anilines is 1. The monoisotopic (exact) mass is 541 g/mol. The zero-order valence-electron chi connectivity index (χ0n) is 20.5. The van der Waals surface area contributed by atoms with Crippen molar-refractivity contribution in [2.45, 2.75) is 19.4 Å². The van der Waals surface area contributed by atoms with E-state index >= 15 is 0 Å². The summed E-state index contributed by atoms with van der Waals surface area (Å²) >= 11 is 6.32. The summed E-state index contributed by atoms with van der Waals surface area (Å²) in [4.78, 5) is 37.6. The molecule has 5 aromatic rings. The van der Waals surface area contributed by atoms with E-state index < -0.39 is 0 Å². The van der Waals surface area contributed by atoms with Gasteiger partial charge in [-0.05, 0) is 64.7 Å². The van der Waals surface area contributed by atoms with Gasteiger partial charge in [0.15, 0.2) is 6.61 Å². The van der Waals surface area contributed by atoms with Gasteiger partial charge >= 0.3 is 0 Å². The van der Waals surface area contributed by atoms with Crippen molar-refractivity contribution in [3.63, 3.8) is 0 Å². The van der Waals surface area contributed by atoms with Gasteiger partial charge in [0, 0.05) is 22.3 Å². The van der Waals surface area contributed by atoms with Crippen molar-refractivity contribution in [3.05, 3.63) is 81.9 Å². The minimum absolute atomic E-state index is 0.0780. The van der Waals surface area contributed by atoms with Gasteiger partial charge in [-0.25, -0.2) is 9.97 Å². The number of ether oxygens (including phenoxy) is 1. The molecule has 0 unspecified atom stereocenters. The van der Waals surface area contributed by atoms with Crippen molar-refractivity contribution in [1.29, 1.82) is 0 Å². The highest BCUT2D eigenvalue weighted by Crippen LogP contribution is 2.37. The zero-order valence-corrected chi connectivity index (χ0v) is 21.3. The molecule has 2 N–H and O–H groups in total. The predicted octanol–water partition coefficient (Wildman–Crippen LogP) is 3.04. The maximum absolute atomic E-state index is 13.6. The van der Waals surface area contributed by atoms with Crippen LogP contribution in [0.5, 0.6) is 5.88 Å². The Hall–Kier alpha value is -4.84. The van der Waals surface area contributed by atoms with Crippen LogP contribution in [0.1, 0.15) is 24.5 Å². The van der Waals surface area contributed by atoms with Gasteiger partial charge in [0.1, 0.15) is 17.8 Å². The summed E-state index contributed by atoms with van der Waals surface area (Å²) in [5.41, 5.74) is 4.78. The van der Waals surface area contributed by atoms with Crippen LogP contribution in [0, 0.1) is 5.92 Å². The summed E-state index contributed by atoms with van der Waals surface area (Å²) < 4.78 is 8.78. The normalized spacial score (nSPS) is 17.8. The van der Waals surface area contributed by atoms with Crippen LogP contribution in [-0.2, 0) is 11.2 Å². The van der Waals surface area contributed by atoms with E-state index in [1.807, 2.05) is 12.1 Å². The minimum Gasteiger partial charge on any atom is -0.466 e. The third-order valence-corrected chi connectivity index (χ3v) is 7.22. The van der Waals surface area contributed by atoms with Crippen molar-refractivity contribution in [2.24, 2.45) is 5.92 Å². The fourth-order valence-corrected chi connectivity index (χ4v) is 5.47. The first kappa shape index (κ1) is 23.3. The molecule has 7 rings (SSSR count). The molecule has 0 aliphatic carbocycles. The topological polar surface area (TPSA) is 146 Å². The molecule has 0 radical (unpaired) electrons. The number of fused-ring (bicyclic) bond motifs is 2. The van der Waals surface area contributed by atoms with E-state index in [9.17, 15) is 9.59 Å². The zero-order chi connectivity index (χ0) is 26.7. The molecule has 194 valence electrons. The molecule has 0 spiro atoms. The molecule has 12 nitrogen and oxygen atoms in total. The van der Waals surface area contributed by atoms with E-state index in [1.165, 1.54) is 6.33 Å². The lowest BCUT2D eigenvalue weighted by molar-refractivity contribution is -0.118. The van der Waals surface area contributed by atoms with Crippen molar-refractivity contribution in [3.8, 4) is 34.1 Å². The van der Waals surface area contributed by atoms with Gasteiger partial charge in [-0.15, -0.1) is 5.10 Å². The number of tetrazole rings is 1. The molecule has 13 heteroatoms. The summed E-state index contributed by atoms with van der Waals surface area (Å²) in [7, 11) is 0. The average Bonchev–Trinajstić information content (AvgIpc) is 3.68. The molecule has 0 bridgehead atoms. The molecular weight excluding hydrogens is 522 g/mol. The van der Waals surface area contributed by atoms with Gasteiger partial charge in [0.25, 0.3) is 11.5 Å². The van der Waals surface area contributed by atoms with Crippen molar-refractivity contribution in [2.75, 3.05) is 11.9 Å². The Morgan fingerprint density at radius 2 is 2.03 bits per heavy atom. The third-order valence-electron chi connectivity index (χ3n) is 6.99. The summed E-state index contributed by atoms with van der Waals surface area (Å²) in [6, 6.07) is 12.3. The van der Waals surface area contributed by atoms with Gasteiger partial charge in [-0.3, -0.25) is 9.59 Å². The van der Waals surface area contributed by atoms with Crippen LogP contribution >= 0.6 is 11.6 Å². The Labute approximate surface area is 225 Å². The second-order valence-corrected chi connectivity index (χ2v) is 9.99. The smallest absolute Gasteiger partial charge is 0.262 e. The maximum atomic E-state index is 13.6. The third kappa shape index (κ3) is 3.96. The first-order valence-electron chi connectivity index (χ1n) is 12.2. The first-order chi connectivity index (χ1) is 18.9. The molecule has 0 fully saturated rings. The van der Waals surface area contributed by atoms with Crippen LogP contribution in [0.4, 0.5) is 5.69 Å². The minimum atomic E-state index is -0.276. The number of imidazole rings is 1. The molecular formula is C26H20ClN9O3. The molecule has 6 heterocycles. The van der Waals surface area contributed by atoms with Gasteiger partial charge in [-0.2, -0.15) is 4.68 Å². The maximum Gasteiger partial charge on any atom is 0.262 e. The summed E-state index contributed by atoms with van der Waals surface area (Å²) in [6.07, 6.45) is 3.88. The molecule has 1 aromatic carbocycles. The van der Waals surface area contributed by atoms with Gasteiger partial charge in [-0.1, -0.05) is 18.5 Å². The Morgan fingerprint density at radius 1 is 1.13 bits per heavy atom. The molecule has 0 saturated carbocycles. The fourth-order valence-electron chi connectivity index (χ4n) is 5.29. The second-order valence-electron chi connectivity index (χ2n) is 9.55. The summed E-state index contributed by atoms with van der Waals surface area (Å²) in [5.74, 6) is 0.913. The Morgan fingerprint density at radius 3 is 2.87 bits per heavy atom. The largest absolute Gasteiger partial charge is 0.466 e. The number of amides is 1. The number of hydrogen-bond donors (Lipinski definition) is 2. The fraction of sp³-hybridized carbons (Fsp3) is 0.192. The number of carbonyl (C=O) groups is 1. The second kappa shape index (κ2) is 8.88. The first-order valence-corrected chi connectivity index (χ1v) is 12.6. The number of halogens is 1. The van der Waals surface area contributed by atoms with Crippen LogP contribution in [-0.4, -0.2) is 52.2 Å². The average molecular weight is 542 g/mol. The number of nitrogens with one attached hydrogen (secondary N) is 2. The summed E-state index contributed by atoms with van der Waals surface area (Å²) in [5, 5.41) is 14.7. The molecule has 1 amide bonds. The molecule has 4 aromatic heterocycles. The standard InChI is InChI=1S/C26H20ClN9O3/c1-13-6-16-7-14(17-9-15(27)2-5-21(17)35-12-29-33-34-35)8-23(38)36(16)24(13)25-28-10-20(31-25)18-3-4-19-26(32-18)39-11-22(37)30-19/h2-5,7-10,12-13,24H,6,11H2,1H3,(H,28,31)(H,30,37)/t13-,24-/m0/s1. The summed E-state index contributed by atoms with van der Waals surface area (Å²) in [6.45, 7) is 2.02. The molecule has 2 aliphatic rings. The lowest BCUT2D eigenvalue weighted by Crippen LogP contribution is -2.26. The highest BCUT2D eigenvalue weighted by molar-refractivity contribution is 6.31. The molecule has 2 aliphatic heterocycles. The van der Waals surface area contributed by atoms with Gasteiger partial charge in [0.2, 0.25) is 5.88 Å². The highest BCUT2D eigenvalue weighted by Gasteiger charge is 2.34. The van der Waals surface area contributed by atoms with Crippen LogP contribution in [0.3, 0.4) is 0 Å². The number of carbonyl (C=O) groups excluding carboxylic acids is 1. The molecule has 39 heavy (non-hydrogen) atoms. The van der Waals surface area contributed by atoms with Crippen molar-refractivity contribution < 1.29 is 9.53 Å². The number of benzene rings is 1. The van der Waals surface area contributed by atoms with Crippen LogP contribution in [0.2, 0.25) is 5.02 Å². The number of aromatic nitrogens is 8. The van der Waals surface area contributed by atoms with Crippen LogP contribution in [0.25, 0.3) is 28.2 Å². The lowest BCUT2D eigenvalue weighted by Gasteiger charge is -2.17. The Kier molecular flexibility index (Phi) is 5.30. The van der Waals surface area contributed by atoms with Crippen molar-refractivity contribution >= 4 is 23.2 Å².